The Balaban J connectivity index is 2.13. The number of carbonyl (C=O) groups excluding carboxylic acids is 1. The predicted octanol–water partition coefficient (Wildman–Crippen LogP) is 3.65. The minimum atomic E-state index is -0.900. The lowest BCUT2D eigenvalue weighted by atomic mass is 10.1. The van der Waals surface area contributed by atoms with Crippen LogP contribution in [-0.2, 0) is 16.0 Å². The third kappa shape index (κ3) is 4.76. The molecule has 0 aliphatic carbocycles. The Bertz CT molecular complexity index is 725. The van der Waals surface area contributed by atoms with E-state index >= 15 is 0 Å². The average molecular weight is 346 g/mol. The first-order chi connectivity index (χ1) is 11.5. The summed E-state index contributed by atoms with van der Waals surface area (Å²) in [5.74, 6) is -0.692. The Morgan fingerprint density at radius 2 is 1.75 bits per heavy atom. The molecule has 0 atom stereocenters. The van der Waals surface area contributed by atoms with Gasteiger partial charge in [-0.25, -0.2) is 4.79 Å². The fourth-order valence-electron chi connectivity index (χ4n) is 2.11. The fraction of sp³-hybridized carbons (Fsp3) is 0.222. The van der Waals surface area contributed by atoms with Gasteiger partial charge in [0.2, 0.25) is 0 Å². The van der Waals surface area contributed by atoms with Crippen LogP contribution < -0.4 is 4.74 Å². The Labute approximate surface area is 144 Å². The molecule has 0 fully saturated rings. The number of carboxylic acid groups (broad SMARTS) is 1. The molecule has 0 aliphatic rings. The molecule has 0 aromatic heterocycles. The smallest absolute Gasteiger partial charge is 0.338 e. The molecule has 0 saturated heterocycles. The van der Waals surface area contributed by atoms with Crippen LogP contribution in [0.5, 0.6) is 5.75 Å². The highest BCUT2D eigenvalue weighted by molar-refractivity contribution is 7.99. The third-order valence-corrected chi connectivity index (χ3v) is 4.20. The zero-order chi connectivity index (χ0) is 17.5. The van der Waals surface area contributed by atoms with E-state index in [9.17, 15) is 9.59 Å². The number of rotatable bonds is 7. The Morgan fingerprint density at radius 1 is 1.08 bits per heavy atom. The van der Waals surface area contributed by atoms with Gasteiger partial charge in [0.1, 0.15) is 5.75 Å². The van der Waals surface area contributed by atoms with Crippen LogP contribution in [0, 0.1) is 0 Å². The van der Waals surface area contributed by atoms with Gasteiger partial charge in [0, 0.05) is 15.4 Å². The van der Waals surface area contributed by atoms with Crippen LogP contribution in [0.2, 0.25) is 0 Å². The molecule has 0 aliphatic heterocycles. The van der Waals surface area contributed by atoms with Crippen molar-refractivity contribution in [1.82, 2.24) is 0 Å². The van der Waals surface area contributed by atoms with Crippen molar-refractivity contribution >= 4 is 23.7 Å². The molecule has 2 aromatic rings. The van der Waals surface area contributed by atoms with Crippen molar-refractivity contribution in [2.45, 2.75) is 23.1 Å². The van der Waals surface area contributed by atoms with Crippen molar-refractivity contribution in [2.75, 3.05) is 13.7 Å². The van der Waals surface area contributed by atoms with E-state index < -0.39 is 5.97 Å². The number of hydrogen-bond acceptors (Lipinski definition) is 5. The first-order valence-corrected chi connectivity index (χ1v) is 8.19. The maximum absolute atomic E-state index is 11.6. The van der Waals surface area contributed by atoms with Gasteiger partial charge in [0.15, 0.2) is 0 Å². The van der Waals surface area contributed by atoms with Gasteiger partial charge in [-0.3, -0.25) is 4.79 Å². The molecule has 0 amide bonds. The minimum Gasteiger partial charge on any atom is -0.496 e. The highest BCUT2D eigenvalue weighted by Gasteiger charge is 2.10. The van der Waals surface area contributed by atoms with Crippen molar-refractivity contribution in [2.24, 2.45) is 0 Å². The largest absolute Gasteiger partial charge is 0.496 e. The SMILES string of the molecule is CCOC(=O)c1ccc(Sc2ccc(CC(=O)O)c(OC)c2)cc1. The number of hydrogen-bond donors (Lipinski definition) is 1. The first-order valence-electron chi connectivity index (χ1n) is 7.37. The molecule has 5 nitrogen and oxygen atoms in total. The lowest BCUT2D eigenvalue weighted by Crippen LogP contribution is -2.03. The maximum Gasteiger partial charge on any atom is 0.338 e. The maximum atomic E-state index is 11.6. The second kappa shape index (κ2) is 8.40. The van der Waals surface area contributed by atoms with Crippen LogP contribution in [0.25, 0.3) is 0 Å². The standard InChI is InChI=1S/C18H18O5S/c1-3-23-18(21)12-4-7-14(8-5-12)24-15-9-6-13(10-17(19)20)16(11-15)22-2/h4-9,11H,3,10H2,1-2H3,(H,19,20). The molecule has 0 unspecified atom stereocenters. The van der Waals surface area contributed by atoms with Gasteiger partial charge in [0.25, 0.3) is 0 Å². The molecular weight excluding hydrogens is 328 g/mol. The second-order valence-electron chi connectivity index (χ2n) is 4.89. The summed E-state index contributed by atoms with van der Waals surface area (Å²) in [6, 6.07) is 12.5. The van der Waals surface area contributed by atoms with Gasteiger partial charge in [-0.2, -0.15) is 0 Å². The van der Waals surface area contributed by atoms with E-state index in [1.165, 1.54) is 18.9 Å². The minimum absolute atomic E-state index is 0.0810. The zero-order valence-corrected chi connectivity index (χ0v) is 14.3. The van der Waals surface area contributed by atoms with Crippen molar-refractivity contribution in [3.8, 4) is 5.75 Å². The molecule has 1 N–H and O–H groups in total. The number of aliphatic carboxylic acids is 1. The number of carboxylic acids is 1. The van der Waals surface area contributed by atoms with Crippen LogP contribution in [-0.4, -0.2) is 30.8 Å². The summed E-state index contributed by atoms with van der Waals surface area (Å²) in [6.07, 6.45) is -0.0810. The molecule has 126 valence electrons. The van der Waals surface area contributed by atoms with Crippen molar-refractivity contribution in [3.05, 3.63) is 53.6 Å². The van der Waals surface area contributed by atoms with E-state index in [4.69, 9.17) is 14.6 Å². The lowest BCUT2D eigenvalue weighted by molar-refractivity contribution is -0.136. The van der Waals surface area contributed by atoms with Gasteiger partial charge in [-0.15, -0.1) is 0 Å². The Kier molecular flexibility index (Phi) is 6.26. The average Bonchev–Trinajstić information content (AvgIpc) is 2.56. The highest BCUT2D eigenvalue weighted by atomic mass is 32.2. The van der Waals surface area contributed by atoms with E-state index in [2.05, 4.69) is 0 Å². The quantitative estimate of drug-likeness (QED) is 0.772. The Morgan fingerprint density at radius 3 is 2.33 bits per heavy atom. The van der Waals surface area contributed by atoms with Crippen molar-refractivity contribution in [1.29, 1.82) is 0 Å². The topological polar surface area (TPSA) is 72.8 Å². The zero-order valence-electron chi connectivity index (χ0n) is 13.4. The van der Waals surface area contributed by atoms with E-state index in [0.29, 0.717) is 23.5 Å². The molecule has 0 spiro atoms. The molecule has 6 heteroatoms. The van der Waals surface area contributed by atoms with Crippen molar-refractivity contribution in [3.63, 3.8) is 0 Å². The molecule has 0 radical (unpaired) electrons. The van der Waals surface area contributed by atoms with E-state index in [0.717, 1.165) is 9.79 Å². The molecule has 0 saturated carbocycles. The van der Waals surface area contributed by atoms with Gasteiger partial charge in [-0.05, 0) is 43.3 Å². The third-order valence-electron chi connectivity index (χ3n) is 3.20. The van der Waals surface area contributed by atoms with Crippen LogP contribution >= 0.6 is 11.8 Å². The number of methoxy groups -OCH3 is 1. The molecule has 2 rings (SSSR count). The number of carbonyl (C=O) groups is 2. The first kappa shape index (κ1) is 17.9. The number of esters is 1. The number of ether oxygens (including phenoxy) is 2. The summed E-state index contributed by atoms with van der Waals surface area (Å²) in [6.45, 7) is 2.11. The normalized spacial score (nSPS) is 10.2. The molecule has 0 heterocycles. The van der Waals surface area contributed by atoms with Gasteiger partial charge < -0.3 is 14.6 Å². The van der Waals surface area contributed by atoms with Crippen LogP contribution in [0.1, 0.15) is 22.8 Å². The summed E-state index contributed by atoms with van der Waals surface area (Å²) in [5, 5.41) is 8.90. The van der Waals surface area contributed by atoms with Gasteiger partial charge in [-0.1, -0.05) is 17.8 Å². The summed E-state index contributed by atoms with van der Waals surface area (Å²) < 4.78 is 10.2. The van der Waals surface area contributed by atoms with Crippen LogP contribution in [0.15, 0.2) is 52.3 Å². The molecule has 2 aromatic carbocycles. The van der Waals surface area contributed by atoms with E-state index in [1.54, 1.807) is 25.1 Å². The lowest BCUT2D eigenvalue weighted by Gasteiger charge is -2.09. The summed E-state index contributed by atoms with van der Waals surface area (Å²) in [4.78, 5) is 24.4. The summed E-state index contributed by atoms with van der Waals surface area (Å²) in [5.41, 5.74) is 1.14. The number of benzene rings is 2. The van der Waals surface area contributed by atoms with Crippen molar-refractivity contribution < 1.29 is 24.2 Å². The monoisotopic (exact) mass is 346 g/mol. The summed E-state index contributed by atoms with van der Waals surface area (Å²) in [7, 11) is 1.52. The Hall–Kier alpha value is -2.47. The molecule has 0 bridgehead atoms. The summed E-state index contributed by atoms with van der Waals surface area (Å²) >= 11 is 1.50. The fourth-order valence-corrected chi connectivity index (χ4v) is 2.95. The molecular formula is C18H18O5S. The van der Waals surface area contributed by atoms with E-state index in [1.807, 2.05) is 24.3 Å². The predicted molar refractivity (Wildman–Crippen MR) is 90.9 cm³/mol. The van der Waals surface area contributed by atoms with Gasteiger partial charge in [0.05, 0.1) is 25.7 Å². The highest BCUT2D eigenvalue weighted by Crippen LogP contribution is 2.32. The van der Waals surface area contributed by atoms with E-state index in [-0.39, 0.29) is 12.4 Å². The second-order valence-corrected chi connectivity index (χ2v) is 6.04. The van der Waals surface area contributed by atoms with Crippen LogP contribution in [0.3, 0.4) is 0 Å². The van der Waals surface area contributed by atoms with Crippen LogP contribution in [0.4, 0.5) is 0 Å². The van der Waals surface area contributed by atoms with Gasteiger partial charge >= 0.3 is 11.9 Å². The molecule has 24 heavy (non-hydrogen) atoms.